The van der Waals surface area contributed by atoms with Gasteiger partial charge in [-0.1, -0.05) is 12.5 Å². The lowest BCUT2D eigenvalue weighted by molar-refractivity contribution is -0.142. The lowest BCUT2D eigenvalue weighted by atomic mass is 10.0. The molecule has 2 atom stereocenters. The molecule has 0 saturated heterocycles. The first-order chi connectivity index (χ1) is 8.65. The molecule has 1 rings (SSSR count). The van der Waals surface area contributed by atoms with Crippen LogP contribution >= 0.6 is 0 Å². The predicted octanol–water partition coefficient (Wildman–Crippen LogP) is 1.34. The van der Waals surface area contributed by atoms with Gasteiger partial charge in [0.1, 0.15) is 0 Å². The number of rotatable bonds is 8. The number of carboxylic acids is 1. The minimum absolute atomic E-state index is 0.0876. The smallest absolute Gasteiger partial charge is 0.308 e. The molecule has 5 nitrogen and oxygen atoms in total. The van der Waals surface area contributed by atoms with Crippen molar-refractivity contribution in [1.29, 1.82) is 0 Å². The van der Waals surface area contributed by atoms with Crippen molar-refractivity contribution in [2.45, 2.75) is 38.1 Å². The minimum atomic E-state index is -0.813. The number of ether oxygens (including phenoxy) is 1. The molecule has 1 saturated carbocycles. The van der Waals surface area contributed by atoms with Crippen molar-refractivity contribution in [3.05, 3.63) is 12.7 Å². The summed E-state index contributed by atoms with van der Waals surface area (Å²) in [6.45, 7) is 4.54. The van der Waals surface area contributed by atoms with Crippen LogP contribution in [0.15, 0.2) is 12.7 Å². The van der Waals surface area contributed by atoms with Gasteiger partial charge in [-0.05, 0) is 19.3 Å². The standard InChI is InChI=1S/C13H21NO4/c1-2-8-18-9-4-7-12(15)14-11-6-3-5-10(11)13(16)17/h2,10-11H,1,3-9H2,(H,14,15)(H,16,17)/t10-,11+/m1/s1. The Morgan fingerprint density at radius 1 is 1.44 bits per heavy atom. The minimum Gasteiger partial charge on any atom is -0.481 e. The highest BCUT2D eigenvalue weighted by molar-refractivity contribution is 5.78. The fourth-order valence-electron chi connectivity index (χ4n) is 2.21. The highest BCUT2D eigenvalue weighted by Crippen LogP contribution is 2.25. The third-order valence-corrected chi connectivity index (χ3v) is 3.11. The van der Waals surface area contributed by atoms with Crippen LogP contribution in [0.4, 0.5) is 0 Å². The molecule has 0 unspecified atom stereocenters. The number of hydrogen-bond acceptors (Lipinski definition) is 3. The van der Waals surface area contributed by atoms with Gasteiger partial charge in [0.25, 0.3) is 0 Å². The zero-order chi connectivity index (χ0) is 13.4. The summed E-state index contributed by atoms with van der Waals surface area (Å²) in [5.41, 5.74) is 0. The maximum absolute atomic E-state index is 11.6. The second-order valence-corrected chi connectivity index (χ2v) is 4.52. The molecule has 0 aromatic carbocycles. The molecule has 0 spiro atoms. The zero-order valence-electron chi connectivity index (χ0n) is 10.6. The number of hydrogen-bond donors (Lipinski definition) is 2. The Morgan fingerprint density at radius 2 is 2.22 bits per heavy atom. The number of carbonyl (C=O) groups is 2. The van der Waals surface area contributed by atoms with Crippen LogP contribution in [-0.2, 0) is 14.3 Å². The molecule has 0 radical (unpaired) electrons. The molecular formula is C13H21NO4. The molecule has 0 aromatic rings. The fraction of sp³-hybridized carbons (Fsp3) is 0.692. The monoisotopic (exact) mass is 255 g/mol. The maximum atomic E-state index is 11.6. The Morgan fingerprint density at radius 3 is 2.89 bits per heavy atom. The third-order valence-electron chi connectivity index (χ3n) is 3.11. The molecule has 5 heteroatoms. The van der Waals surface area contributed by atoms with Crippen LogP contribution < -0.4 is 5.32 Å². The number of aliphatic carboxylic acids is 1. The van der Waals surface area contributed by atoms with Crippen LogP contribution in [0.25, 0.3) is 0 Å². The molecule has 0 bridgehead atoms. The first-order valence-corrected chi connectivity index (χ1v) is 6.36. The molecule has 1 aliphatic rings. The van der Waals surface area contributed by atoms with Gasteiger partial charge in [0.2, 0.25) is 5.91 Å². The topological polar surface area (TPSA) is 75.6 Å². The van der Waals surface area contributed by atoms with E-state index in [2.05, 4.69) is 11.9 Å². The molecule has 0 heterocycles. The third kappa shape index (κ3) is 4.87. The summed E-state index contributed by atoms with van der Waals surface area (Å²) in [6.07, 6.45) is 4.96. The van der Waals surface area contributed by atoms with E-state index in [1.165, 1.54) is 0 Å². The SMILES string of the molecule is C=CCOCCCC(=O)N[C@H]1CCC[C@H]1C(=O)O. The van der Waals surface area contributed by atoms with E-state index in [1.54, 1.807) is 6.08 Å². The van der Waals surface area contributed by atoms with Crippen molar-refractivity contribution in [2.24, 2.45) is 5.92 Å². The van der Waals surface area contributed by atoms with Crippen molar-refractivity contribution in [1.82, 2.24) is 5.32 Å². The average Bonchev–Trinajstić information content (AvgIpc) is 2.77. The van der Waals surface area contributed by atoms with Crippen molar-refractivity contribution in [2.75, 3.05) is 13.2 Å². The molecule has 18 heavy (non-hydrogen) atoms. The summed E-state index contributed by atoms with van der Waals surface area (Å²) in [5.74, 6) is -1.33. The maximum Gasteiger partial charge on any atom is 0.308 e. The predicted molar refractivity (Wildman–Crippen MR) is 67.2 cm³/mol. The largest absolute Gasteiger partial charge is 0.481 e. The molecular weight excluding hydrogens is 234 g/mol. The van der Waals surface area contributed by atoms with Crippen molar-refractivity contribution >= 4 is 11.9 Å². The van der Waals surface area contributed by atoms with E-state index < -0.39 is 11.9 Å². The van der Waals surface area contributed by atoms with Crippen molar-refractivity contribution in [3.63, 3.8) is 0 Å². The van der Waals surface area contributed by atoms with Crippen LogP contribution in [0.3, 0.4) is 0 Å². The van der Waals surface area contributed by atoms with Crippen LogP contribution in [0.1, 0.15) is 32.1 Å². The average molecular weight is 255 g/mol. The Kier molecular flexibility index (Phi) is 6.43. The highest BCUT2D eigenvalue weighted by atomic mass is 16.5. The first-order valence-electron chi connectivity index (χ1n) is 6.36. The summed E-state index contributed by atoms with van der Waals surface area (Å²) in [5, 5.41) is 11.8. The van der Waals surface area contributed by atoms with Gasteiger partial charge < -0.3 is 15.2 Å². The van der Waals surface area contributed by atoms with E-state index in [1.807, 2.05) is 0 Å². The number of carboxylic acid groups (broad SMARTS) is 1. The lowest BCUT2D eigenvalue weighted by Gasteiger charge is -2.17. The van der Waals surface area contributed by atoms with Gasteiger partial charge >= 0.3 is 5.97 Å². The van der Waals surface area contributed by atoms with Crippen LogP contribution in [-0.4, -0.2) is 36.2 Å². The number of amides is 1. The second kappa shape index (κ2) is 7.87. The van der Waals surface area contributed by atoms with Gasteiger partial charge in [0.15, 0.2) is 0 Å². The molecule has 1 aliphatic carbocycles. The molecule has 0 aliphatic heterocycles. The van der Waals surface area contributed by atoms with Gasteiger partial charge in [-0.2, -0.15) is 0 Å². The molecule has 102 valence electrons. The van der Waals surface area contributed by atoms with E-state index >= 15 is 0 Å². The van der Waals surface area contributed by atoms with Crippen molar-refractivity contribution in [3.8, 4) is 0 Å². The van der Waals surface area contributed by atoms with Crippen molar-refractivity contribution < 1.29 is 19.4 Å². The van der Waals surface area contributed by atoms with E-state index in [-0.39, 0.29) is 11.9 Å². The summed E-state index contributed by atoms with van der Waals surface area (Å²) >= 11 is 0. The van der Waals surface area contributed by atoms with E-state index in [0.717, 1.165) is 12.8 Å². The molecule has 1 amide bonds. The Labute approximate surface area is 107 Å². The van der Waals surface area contributed by atoms with E-state index in [0.29, 0.717) is 32.5 Å². The summed E-state index contributed by atoms with van der Waals surface area (Å²) in [6, 6.07) is -0.205. The second-order valence-electron chi connectivity index (χ2n) is 4.52. The normalized spacial score (nSPS) is 22.7. The zero-order valence-corrected chi connectivity index (χ0v) is 10.6. The Hall–Kier alpha value is -1.36. The van der Waals surface area contributed by atoms with E-state index in [9.17, 15) is 9.59 Å². The van der Waals surface area contributed by atoms with Gasteiger partial charge in [-0.15, -0.1) is 6.58 Å². The summed E-state index contributed by atoms with van der Waals surface area (Å²) < 4.78 is 5.17. The molecule has 1 fully saturated rings. The number of carbonyl (C=O) groups excluding carboxylic acids is 1. The van der Waals surface area contributed by atoms with Gasteiger partial charge in [-0.25, -0.2) is 0 Å². The molecule has 0 aromatic heterocycles. The van der Waals surface area contributed by atoms with E-state index in [4.69, 9.17) is 9.84 Å². The summed E-state index contributed by atoms with van der Waals surface area (Å²) in [7, 11) is 0. The highest BCUT2D eigenvalue weighted by Gasteiger charge is 2.33. The quantitative estimate of drug-likeness (QED) is 0.507. The fourth-order valence-corrected chi connectivity index (χ4v) is 2.21. The van der Waals surface area contributed by atoms with Gasteiger partial charge in [-0.3, -0.25) is 9.59 Å². The van der Waals surface area contributed by atoms with Gasteiger partial charge in [0.05, 0.1) is 12.5 Å². The molecule has 2 N–H and O–H groups in total. The van der Waals surface area contributed by atoms with Crippen LogP contribution in [0.5, 0.6) is 0 Å². The Balaban J connectivity index is 2.19. The summed E-state index contributed by atoms with van der Waals surface area (Å²) in [4.78, 5) is 22.6. The first kappa shape index (κ1) is 14.7. The number of nitrogens with one attached hydrogen (secondary N) is 1. The van der Waals surface area contributed by atoms with Crippen LogP contribution in [0, 0.1) is 5.92 Å². The lowest BCUT2D eigenvalue weighted by Crippen LogP contribution is -2.40. The van der Waals surface area contributed by atoms with Crippen LogP contribution in [0.2, 0.25) is 0 Å². The van der Waals surface area contributed by atoms with Gasteiger partial charge in [0, 0.05) is 19.1 Å². The Bertz CT molecular complexity index is 303.